The molecule has 2 heterocycles. The van der Waals surface area contributed by atoms with Crippen LogP contribution in [0.3, 0.4) is 0 Å². The second-order valence-corrected chi connectivity index (χ2v) is 13.0. The van der Waals surface area contributed by atoms with E-state index in [4.69, 9.17) is 23.1 Å². The van der Waals surface area contributed by atoms with Crippen molar-refractivity contribution in [1.29, 1.82) is 0 Å². The zero-order chi connectivity index (χ0) is 31.8. The smallest absolute Gasteiger partial charge is 0.410 e. The van der Waals surface area contributed by atoms with Crippen LogP contribution >= 0.6 is 0 Å². The van der Waals surface area contributed by atoms with Gasteiger partial charge in [0.1, 0.15) is 12.2 Å². The molecular weight excluding hydrogens is 610 g/mol. The first-order chi connectivity index (χ1) is 20.2. The van der Waals surface area contributed by atoms with E-state index < -0.39 is 67.2 Å². The molecule has 0 atom stereocenters. The number of likely N-dealkylation sites (tertiary alicyclic amines) is 1. The third-order valence-corrected chi connectivity index (χ3v) is 7.89. The molecule has 15 nitrogen and oxygen atoms in total. The number of carbonyl (C=O) groups excluding carboxylic acids is 2. The number of rotatable bonds is 13. The summed E-state index contributed by atoms with van der Waals surface area (Å²) in [6, 6.07) is 9.03. The fourth-order valence-electron chi connectivity index (χ4n) is 4.41. The Morgan fingerprint density at radius 3 is 2.16 bits per heavy atom. The average molecular weight is 646 g/mol. The Bertz CT molecular complexity index is 1570. The zero-order valence-electron chi connectivity index (χ0n) is 24.3. The fraction of sp³-hybridized carbons (Fsp3) is 0.538. The Labute approximate surface area is 249 Å². The third-order valence-electron chi connectivity index (χ3n) is 6.29. The molecule has 0 aliphatic carbocycles. The van der Waals surface area contributed by atoms with Crippen LogP contribution in [0, 0.1) is 0 Å². The van der Waals surface area contributed by atoms with Crippen LogP contribution in [-0.2, 0) is 50.7 Å². The number of hydrogen-bond donors (Lipinski definition) is 0. The summed E-state index contributed by atoms with van der Waals surface area (Å²) in [7, 11) is -8.20. The van der Waals surface area contributed by atoms with Gasteiger partial charge >= 0.3 is 17.6 Å². The largest absolute Gasteiger partial charge is 0.486 e. The molecule has 0 bridgehead atoms. The summed E-state index contributed by atoms with van der Waals surface area (Å²) in [5, 5.41) is 0. The van der Waals surface area contributed by atoms with Gasteiger partial charge in [-0.2, -0.15) is 12.4 Å². The van der Waals surface area contributed by atoms with E-state index in [0.29, 0.717) is 3.97 Å². The number of ether oxygens (including phenoxy) is 4. The Morgan fingerprint density at radius 1 is 0.953 bits per heavy atom. The summed E-state index contributed by atoms with van der Waals surface area (Å²) >= 11 is 0. The van der Waals surface area contributed by atoms with Crippen molar-refractivity contribution in [1.82, 2.24) is 13.9 Å². The SMILES string of the molecule is CCOC(=O)c1nc(C2(OCCOS(C)(=O)=O)CCN(C(=O)OCc3ccccc3)CC2)n(S(C)(=O)=O)c(=O)c1OCC. The van der Waals surface area contributed by atoms with Crippen molar-refractivity contribution in [3.63, 3.8) is 0 Å². The fourth-order valence-corrected chi connectivity index (χ4v) is 5.69. The summed E-state index contributed by atoms with van der Waals surface area (Å²) in [4.78, 5) is 44.9. The molecule has 1 aromatic heterocycles. The molecule has 1 aliphatic heterocycles. The molecule has 43 heavy (non-hydrogen) atoms. The van der Waals surface area contributed by atoms with E-state index in [9.17, 15) is 31.2 Å². The van der Waals surface area contributed by atoms with Gasteiger partial charge in [-0.3, -0.25) is 8.98 Å². The van der Waals surface area contributed by atoms with Crippen molar-refractivity contribution in [2.24, 2.45) is 0 Å². The predicted molar refractivity (Wildman–Crippen MR) is 152 cm³/mol. The van der Waals surface area contributed by atoms with E-state index in [0.717, 1.165) is 18.1 Å². The number of amides is 1. The van der Waals surface area contributed by atoms with Crippen molar-refractivity contribution in [3.05, 3.63) is 57.8 Å². The molecule has 1 aromatic carbocycles. The molecule has 1 amide bonds. The minimum Gasteiger partial charge on any atom is -0.486 e. The summed E-state index contributed by atoms with van der Waals surface area (Å²) in [5.74, 6) is -2.10. The molecule has 2 aromatic rings. The summed E-state index contributed by atoms with van der Waals surface area (Å²) in [5.41, 5.74) is -2.65. The quantitative estimate of drug-likeness (QED) is 0.172. The molecule has 1 saturated heterocycles. The minimum atomic E-state index is -4.37. The van der Waals surface area contributed by atoms with Gasteiger partial charge in [-0.1, -0.05) is 30.3 Å². The van der Waals surface area contributed by atoms with E-state index in [1.807, 2.05) is 6.07 Å². The van der Waals surface area contributed by atoms with E-state index in [1.165, 1.54) is 18.7 Å². The summed E-state index contributed by atoms with van der Waals surface area (Å²) in [6.07, 6.45) is 0.777. The number of esters is 1. The zero-order valence-corrected chi connectivity index (χ0v) is 25.9. The molecule has 0 saturated carbocycles. The highest BCUT2D eigenvalue weighted by Crippen LogP contribution is 2.37. The Hall–Kier alpha value is -3.54. The molecule has 238 valence electrons. The number of piperidine rings is 1. The first-order valence-electron chi connectivity index (χ1n) is 13.3. The Kier molecular flexibility index (Phi) is 11.3. The summed E-state index contributed by atoms with van der Waals surface area (Å²) < 4.78 is 75.9. The van der Waals surface area contributed by atoms with Gasteiger partial charge in [0.15, 0.2) is 11.5 Å². The van der Waals surface area contributed by atoms with Crippen LogP contribution in [0.25, 0.3) is 0 Å². The highest BCUT2D eigenvalue weighted by molar-refractivity contribution is 7.89. The molecular formula is C26H35N3O12S2. The van der Waals surface area contributed by atoms with Gasteiger partial charge < -0.3 is 23.8 Å². The molecule has 17 heteroatoms. The van der Waals surface area contributed by atoms with Crippen LogP contribution in [-0.4, -0.2) is 94.8 Å². The highest BCUT2D eigenvalue weighted by atomic mass is 32.2. The van der Waals surface area contributed by atoms with E-state index >= 15 is 0 Å². The van der Waals surface area contributed by atoms with Gasteiger partial charge in [0.2, 0.25) is 15.8 Å². The summed E-state index contributed by atoms with van der Waals surface area (Å²) in [6.45, 7) is 2.09. The van der Waals surface area contributed by atoms with E-state index in [-0.39, 0.29) is 52.4 Å². The maximum absolute atomic E-state index is 13.6. The van der Waals surface area contributed by atoms with Crippen molar-refractivity contribution >= 4 is 32.2 Å². The van der Waals surface area contributed by atoms with Crippen LogP contribution in [0.4, 0.5) is 4.79 Å². The number of aromatic nitrogens is 2. The lowest BCUT2D eigenvalue weighted by molar-refractivity contribution is -0.100. The van der Waals surface area contributed by atoms with Crippen molar-refractivity contribution in [2.75, 3.05) is 52.0 Å². The van der Waals surface area contributed by atoms with Crippen LogP contribution < -0.4 is 10.3 Å². The van der Waals surface area contributed by atoms with Crippen molar-refractivity contribution in [2.45, 2.75) is 38.9 Å². The lowest BCUT2D eigenvalue weighted by Gasteiger charge is -2.41. The monoisotopic (exact) mass is 645 g/mol. The molecule has 0 N–H and O–H groups in total. The second kappa shape index (κ2) is 14.3. The van der Waals surface area contributed by atoms with Gasteiger partial charge in [-0.15, -0.1) is 0 Å². The Balaban J connectivity index is 2.05. The van der Waals surface area contributed by atoms with Crippen LogP contribution in [0.5, 0.6) is 5.75 Å². The molecule has 0 unspecified atom stereocenters. The van der Waals surface area contributed by atoms with Crippen LogP contribution in [0.1, 0.15) is 48.6 Å². The average Bonchev–Trinajstić information content (AvgIpc) is 2.94. The van der Waals surface area contributed by atoms with Gasteiger partial charge in [0.25, 0.3) is 10.1 Å². The molecule has 1 aliphatic rings. The lowest BCUT2D eigenvalue weighted by Crippen LogP contribution is -2.50. The maximum Gasteiger partial charge on any atom is 0.410 e. The van der Waals surface area contributed by atoms with E-state index in [1.54, 1.807) is 24.3 Å². The molecule has 1 fully saturated rings. The van der Waals surface area contributed by atoms with Crippen LogP contribution in [0.2, 0.25) is 0 Å². The van der Waals surface area contributed by atoms with E-state index in [2.05, 4.69) is 4.98 Å². The van der Waals surface area contributed by atoms with Gasteiger partial charge in [-0.05, 0) is 19.4 Å². The van der Waals surface area contributed by atoms with Crippen LogP contribution in [0.15, 0.2) is 35.1 Å². The molecule has 0 radical (unpaired) electrons. The number of benzene rings is 1. The first kappa shape index (κ1) is 34.0. The minimum absolute atomic E-state index is 0.0254. The topological polar surface area (TPSA) is 187 Å². The highest BCUT2D eigenvalue weighted by Gasteiger charge is 2.45. The second-order valence-electron chi connectivity index (χ2n) is 9.50. The standard InChI is InChI=1S/C26H35N3O12S2/c1-5-37-21-20(23(31)38-6-2)27-24(29(22(21)30)42(3,33)34)26(40-16-17-41-43(4,35)36)12-14-28(15-13-26)25(32)39-18-19-10-8-7-9-11-19/h7-11H,5-6,12-18H2,1-4H3. The van der Waals surface area contributed by atoms with Crippen molar-refractivity contribution < 1.29 is 49.6 Å². The van der Waals surface area contributed by atoms with Gasteiger partial charge in [0, 0.05) is 25.9 Å². The lowest BCUT2D eigenvalue weighted by atomic mass is 9.90. The number of nitrogens with zero attached hydrogens (tertiary/aromatic N) is 3. The normalized spacial score (nSPS) is 15.1. The van der Waals surface area contributed by atoms with Gasteiger partial charge in [-0.25, -0.2) is 23.0 Å². The molecule has 3 rings (SSSR count). The number of carbonyl (C=O) groups is 2. The number of hydrogen-bond acceptors (Lipinski definition) is 13. The molecule has 0 spiro atoms. The van der Waals surface area contributed by atoms with Gasteiger partial charge in [0.05, 0.1) is 38.9 Å². The van der Waals surface area contributed by atoms with Crippen molar-refractivity contribution in [3.8, 4) is 5.75 Å². The first-order valence-corrected chi connectivity index (χ1v) is 17.0. The maximum atomic E-state index is 13.6. The third kappa shape index (κ3) is 8.75. The Morgan fingerprint density at radius 2 is 1.60 bits per heavy atom. The predicted octanol–water partition coefficient (Wildman–Crippen LogP) is 1.25.